The number of benzene rings is 2. The van der Waals surface area contributed by atoms with Crippen molar-refractivity contribution in [2.45, 2.75) is 19.4 Å². The van der Waals surface area contributed by atoms with E-state index in [1.54, 1.807) is 7.05 Å². The van der Waals surface area contributed by atoms with Gasteiger partial charge in [0.2, 0.25) is 0 Å². The molecule has 0 aliphatic heterocycles. The van der Waals surface area contributed by atoms with Crippen molar-refractivity contribution >= 4 is 29.9 Å². The van der Waals surface area contributed by atoms with Crippen LogP contribution in [0.4, 0.5) is 0 Å². The van der Waals surface area contributed by atoms with Gasteiger partial charge in [-0.25, -0.2) is 4.68 Å². The van der Waals surface area contributed by atoms with E-state index in [0.29, 0.717) is 6.54 Å². The van der Waals surface area contributed by atoms with Crippen LogP contribution in [0.15, 0.2) is 77.9 Å². The van der Waals surface area contributed by atoms with Gasteiger partial charge in [-0.3, -0.25) is 4.99 Å². The summed E-state index contributed by atoms with van der Waals surface area (Å²) in [5.74, 6) is 0.798. The van der Waals surface area contributed by atoms with Crippen LogP contribution in [-0.4, -0.2) is 29.3 Å². The van der Waals surface area contributed by atoms with Gasteiger partial charge in [0.15, 0.2) is 5.96 Å². The molecule has 0 bridgehead atoms. The Morgan fingerprint density at radius 2 is 1.67 bits per heavy atom. The third kappa shape index (κ3) is 6.71. The van der Waals surface area contributed by atoms with E-state index in [1.165, 1.54) is 5.56 Å². The van der Waals surface area contributed by atoms with Gasteiger partial charge in [0.05, 0.1) is 17.9 Å². The minimum absolute atomic E-state index is 0. The molecule has 0 atom stereocenters. The average molecular weight is 475 g/mol. The van der Waals surface area contributed by atoms with Crippen molar-refractivity contribution in [3.8, 4) is 5.69 Å². The zero-order chi connectivity index (χ0) is 18.0. The number of nitrogens with one attached hydrogen (secondary N) is 2. The number of rotatable bonds is 7. The van der Waals surface area contributed by atoms with Crippen molar-refractivity contribution in [1.82, 2.24) is 20.4 Å². The zero-order valence-electron chi connectivity index (χ0n) is 15.5. The summed E-state index contributed by atoms with van der Waals surface area (Å²) in [6.45, 7) is 1.52. The molecule has 0 saturated heterocycles. The van der Waals surface area contributed by atoms with E-state index in [2.05, 4.69) is 45.0 Å². The highest BCUT2D eigenvalue weighted by Crippen LogP contribution is 2.06. The second kappa shape index (κ2) is 11.4. The molecule has 0 spiro atoms. The molecule has 1 aromatic heterocycles. The molecule has 27 heavy (non-hydrogen) atoms. The first-order chi connectivity index (χ1) is 12.8. The zero-order valence-corrected chi connectivity index (χ0v) is 17.8. The first-order valence-corrected chi connectivity index (χ1v) is 8.93. The van der Waals surface area contributed by atoms with Crippen LogP contribution in [0.2, 0.25) is 0 Å². The molecule has 0 amide bonds. The molecule has 0 aliphatic carbocycles. The summed E-state index contributed by atoms with van der Waals surface area (Å²) < 4.78 is 1.88. The fraction of sp³-hybridized carbons (Fsp3) is 0.238. The number of halogens is 1. The second-order valence-corrected chi connectivity index (χ2v) is 6.03. The van der Waals surface area contributed by atoms with Crippen molar-refractivity contribution in [2.75, 3.05) is 13.6 Å². The Morgan fingerprint density at radius 1 is 0.963 bits per heavy atom. The van der Waals surface area contributed by atoms with Crippen LogP contribution in [-0.2, 0) is 13.0 Å². The maximum absolute atomic E-state index is 4.59. The first-order valence-electron chi connectivity index (χ1n) is 8.93. The number of aromatic nitrogens is 2. The highest BCUT2D eigenvalue weighted by molar-refractivity contribution is 14.0. The van der Waals surface area contributed by atoms with Gasteiger partial charge in [-0.05, 0) is 36.6 Å². The molecule has 142 valence electrons. The minimum Gasteiger partial charge on any atom is -0.356 e. The highest BCUT2D eigenvalue weighted by Gasteiger charge is 2.03. The van der Waals surface area contributed by atoms with E-state index in [-0.39, 0.29) is 24.0 Å². The largest absolute Gasteiger partial charge is 0.356 e. The Kier molecular flexibility index (Phi) is 8.83. The maximum atomic E-state index is 4.59. The molecule has 3 aromatic rings. The van der Waals surface area contributed by atoms with E-state index in [4.69, 9.17) is 0 Å². The third-order valence-electron chi connectivity index (χ3n) is 4.10. The predicted molar refractivity (Wildman–Crippen MR) is 122 cm³/mol. The van der Waals surface area contributed by atoms with Crippen molar-refractivity contribution < 1.29 is 0 Å². The number of nitrogens with zero attached hydrogens (tertiary/aromatic N) is 3. The summed E-state index contributed by atoms with van der Waals surface area (Å²) in [5.41, 5.74) is 3.40. The number of hydrogen-bond acceptors (Lipinski definition) is 2. The number of aryl methyl sites for hydroxylation is 1. The van der Waals surface area contributed by atoms with Gasteiger partial charge < -0.3 is 10.6 Å². The van der Waals surface area contributed by atoms with E-state index in [0.717, 1.165) is 36.7 Å². The lowest BCUT2D eigenvalue weighted by atomic mass is 10.1. The van der Waals surface area contributed by atoms with Crippen molar-refractivity contribution in [3.05, 3.63) is 84.2 Å². The minimum atomic E-state index is 0. The van der Waals surface area contributed by atoms with E-state index in [1.807, 2.05) is 53.3 Å². The van der Waals surface area contributed by atoms with Crippen molar-refractivity contribution in [2.24, 2.45) is 4.99 Å². The van der Waals surface area contributed by atoms with Gasteiger partial charge in [0.25, 0.3) is 0 Å². The number of guanidine groups is 1. The first kappa shape index (κ1) is 21.0. The van der Waals surface area contributed by atoms with Crippen LogP contribution in [0.5, 0.6) is 0 Å². The SMILES string of the molecule is CN=C(NCCCc1ccccc1)NCc1ccn(-c2ccccc2)n1.I. The van der Waals surface area contributed by atoms with Crippen LogP contribution >= 0.6 is 24.0 Å². The molecule has 0 radical (unpaired) electrons. The topological polar surface area (TPSA) is 54.2 Å². The fourth-order valence-corrected chi connectivity index (χ4v) is 2.72. The highest BCUT2D eigenvalue weighted by atomic mass is 127. The molecule has 2 N–H and O–H groups in total. The van der Waals surface area contributed by atoms with Crippen LogP contribution in [0.3, 0.4) is 0 Å². The van der Waals surface area contributed by atoms with E-state index in [9.17, 15) is 0 Å². The summed E-state index contributed by atoms with van der Waals surface area (Å²) >= 11 is 0. The Morgan fingerprint density at radius 3 is 2.37 bits per heavy atom. The standard InChI is InChI=1S/C21H25N5.HI/c1-22-21(23-15-8-11-18-9-4-2-5-10-18)24-17-19-14-16-26(25-19)20-12-6-3-7-13-20;/h2-7,9-10,12-14,16H,8,11,15,17H2,1H3,(H2,22,23,24);1H. The Hall–Kier alpha value is -2.35. The Labute approximate surface area is 177 Å². The molecule has 5 nitrogen and oxygen atoms in total. The van der Waals surface area contributed by atoms with Gasteiger partial charge in [-0.2, -0.15) is 5.10 Å². The van der Waals surface area contributed by atoms with Gasteiger partial charge in [0.1, 0.15) is 0 Å². The van der Waals surface area contributed by atoms with Crippen molar-refractivity contribution in [1.29, 1.82) is 0 Å². The molecular formula is C21H26IN5. The molecule has 6 heteroatoms. The monoisotopic (exact) mass is 475 g/mol. The smallest absolute Gasteiger partial charge is 0.191 e. The van der Waals surface area contributed by atoms with Gasteiger partial charge >= 0.3 is 0 Å². The van der Waals surface area contributed by atoms with Crippen LogP contribution in [0.25, 0.3) is 5.69 Å². The van der Waals surface area contributed by atoms with E-state index < -0.39 is 0 Å². The number of aliphatic imine (C=N–C) groups is 1. The summed E-state index contributed by atoms with van der Waals surface area (Å²) in [4.78, 5) is 4.27. The number of para-hydroxylation sites is 1. The third-order valence-corrected chi connectivity index (χ3v) is 4.10. The fourth-order valence-electron chi connectivity index (χ4n) is 2.72. The van der Waals surface area contributed by atoms with Crippen LogP contribution < -0.4 is 10.6 Å². The molecule has 2 aromatic carbocycles. The lowest BCUT2D eigenvalue weighted by Gasteiger charge is -2.11. The van der Waals surface area contributed by atoms with Crippen LogP contribution in [0, 0.1) is 0 Å². The summed E-state index contributed by atoms with van der Waals surface area (Å²) in [6.07, 6.45) is 4.10. The lowest BCUT2D eigenvalue weighted by Crippen LogP contribution is -2.37. The predicted octanol–water partition coefficient (Wildman–Crippen LogP) is 3.79. The molecule has 0 unspecified atom stereocenters. The molecular weight excluding hydrogens is 449 g/mol. The lowest BCUT2D eigenvalue weighted by molar-refractivity contribution is 0.731. The van der Waals surface area contributed by atoms with Crippen LogP contribution in [0.1, 0.15) is 17.7 Å². The number of hydrogen-bond donors (Lipinski definition) is 2. The summed E-state index contributed by atoms with van der Waals surface area (Å²) in [7, 11) is 1.79. The molecule has 3 rings (SSSR count). The molecule has 1 heterocycles. The molecule has 0 saturated carbocycles. The normalized spacial score (nSPS) is 10.9. The Bertz CT molecular complexity index is 815. The second-order valence-electron chi connectivity index (χ2n) is 6.03. The van der Waals surface area contributed by atoms with E-state index >= 15 is 0 Å². The average Bonchev–Trinajstić information content (AvgIpc) is 3.18. The van der Waals surface area contributed by atoms with Gasteiger partial charge in [0, 0.05) is 19.8 Å². The molecule has 0 fully saturated rings. The maximum Gasteiger partial charge on any atom is 0.191 e. The van der Waals surface area contributed by atoms with Crippen molar-refractivity contribution in [3.63, 3.8) is 0 Å². The van der Waals surface area contributed by atoms with Gasteiger partial charge in [-0.1, -0.05) is 48.5 Å². The van der Waals surface area contributed by atoms with Gasteiger partial charge in [-0.15, -0.1) is 24.0 Å². The quantitative estimate of drug-likeness (QED) is 0.237. The summed E-state index contributed by atoms with van der Waals surface area (Å²) in [6, 6.07) is 22.7. The summed E-state index contributed by atoms with van der Waals surface area (Å²) in [5, 5.41) is 11.3. The Balaban J connectivity index is 0.00000261. The molecule has 0 aliphatic rings.